The van der Waals surface area contributed by atoms with Crippen LogP contribution < -0.4 is 10.2 Å². The first kappa shape index (κ1) is 22.2. The molecular weight excluding hydrogens is 430 g/mol. The van der Waals surface area contributed by atoms with Gasteiger partial charge in [-0.15, -0.1) is 11.3 Å². The summed E-state index contributed by atoms with van der Waals surface area (Å²) in [5.41, 5.74) is 4.37. The molecule has 0 bridgehead atoms. The fourth-order valence-electron chi connectivity index (χ4n) is 3.41. The van der Waals surface area contributed by atoms with Gasteiger partial charge in [-0.2, -0.15) is 0 Å². The standard InChI is InChI=1S/C27H23N3O2S/c1-20(31)30(24-13-6-3-7-14-24)27-28-23(19-33-27)16-17-26(32)29-25-15-9-8-12-22(25)18-21-10-4-2-5-11-21/h2-17,19H,18H2,1H3,(H,29,32). The van der Waals surface area contributed by atoms with Gasteiger partial charge in [0.25, 0.3) is 0 Å². The van der Waals surface area contributed by atoms with E-state index < -0.39 is 0 Å². The van der Waals surface area contributed by atoms with Gasteiger partial charge >= 0.3 is 0 Å². The third kappa shape index (κ3) is 5.81. The van der Waals surface area contributed by atoms with E-state index in [1.54, 1.807) is 11.0 Å². The topological polar surface area (TPSA) is 62.3 Å². The van der Waals surface area contributed by atoms with Gasteiger partial charge in [-0.05, 0) is 41.8 Å². The molecule has 1 aromatic heterocycles. The molecule has 6 heteroatoms. The van der Waals surface area contributed by atoms with Crippen LogP contribution in [-0.4, -0.2) is 16.8 Å². The SMILES string of the molecule is CC(=O)N(c1ccccc1)c1nc(C=CC(=O)Nc2ccccc2Cc2ccccc2)cs1. The molecule has 0 unspecified atom stereocenters. The quantitative estimate of drug-likeness (QED) is 0.346. The van der Waals surface area contributed by atoms with E-state index in [0.717, 1.165) is 23.4 Å². The van der Waals surface area contributed by atoms with Crippen molar-refractivity contribution in [3.05, 3.63) is 113 Å². The van der Waals surface area contributed by atoms with Gasteiger partial charge in [0, 0.05) is 24.1 Å². The first-order valence-corrected chi connectivity index (χ1v) is 11.4. The Hall–Kier alpha value is -4.03. The van der Waals surface area contributed by atoms with E-state index in [1.165, 1.54) is 29.9 Å². The summed E-state index contributed by atoms with van der Waals surface area (Å²) in [7, 11) is 0. The maximum absolute atomic E-state index is 12.6. The normalized spacial score (nSPS) is 10.8. The molecule has 3 aromatic carbocycles. The third-order valence-electron chi connectivity index (χ3n) is 4.95. The van der Waals surface area contributed by atoms with Crippen LogP contribution in [0.25, 0.3) is 6.08 Å². The Morgan fingerprint density at radius 2 is 1.61 bits per heavy atom. The van der Waals surface area contributed by atoms with Crippen LogP contribution in [0.4, 0.5) is 16.5 Å². The largest absolute Gasteiger partial charge is 0.322 e. The lowest BCUT2D eigenvalue weighted by atomic mass is 10.0. The third-order valence-corrected chi connectivity index (χ3v) is 5.79. The number of hydrogen-bond donors (Lipinski definition) is 1. The first-order valence-electron chi connectivity index (χ1n) is 10.5. The van der Waals surface area contributed by atoms with E-state index in [4.69, 9.17) is 0 Å². The fourth-order valence-corrected chi connectivity index (χ4v) is 4.26. The molecule has 1 heterocycles. The van der Waals surface area contributed by atoms with E-state index in [-0.39, 0.29) is 11.8 Å². The number of carbonyl (C=O) groups is 2. The first-order chi connectivity index (χ1) is 16.1. The van der Waals surface area contributed by atoms with E-state index in [2.05, 4.69) is 22.4 Å². The Balaban J connectivity index is 1.45. The smallest absolute Gasteiger partial charge is 0.248 e. The van der Waals surface area contributed by atoms with Gasteiger partial charge in [-0.3, -0.25) is 14.5 Å². The van der Waals surface area contributed by atoms with E-state index in [1.807, 2.05) is 78.2 Å². The highest BCUT2D eigenvalue weighted by molar-refractivity contribution is 7.14. The highest BCUT2D eigenvalue weighted by Crippen LogP contribution is 2.29. The molecule has 0 aliphatic heterocycles. The molecule has 0 saturated carbocycles. The van der Waals surface area contributed by atoms with Gasteiger partial charge in [0.15, 0.2) is 5.13 Å². The lowest BCUT2D eigenvalue weighted by molar-refractivity contribution is -0.116. The number of carbonyl (C=O) groups excluding carboxylic acids is 2. The lowest BCUT2D eigenvalue weighted by Gasteiger charge is -2.17. The second-order valence-corrected chi connectivity index (χ2v) is 8.22. The van der Waals surface area contributed by atoms with Crippen molar-refractivity contribution in [1.29, 1.82) is 0 Å². The Morgan fingerprint density at radius 1 is 0.939 bits per heavy atom. The number of nitrogens with one attached hydrogen (secondary N) is 1. The van der Waals surface area contributed by atoms with Crippen LogP contribution in [0, 0.1) is 0 Å². The number of para-hydroxylation sites is 2. The van der Waals surface area contributed by atoms with Gasteiger partial charge in [-0.1, -0.05) is 66.7 Å². The van der Waals surface area contributed by atoms with Crippen molar-refractivity contribution in [3.63, 3.8) is 0 Å². The molecule has 0 aliphatic carbocycles. The fraction of sp³-hybridized carbons (Fsp3) is 0.0741. The summed E-state index contributed by atoms with van der Waals surface area (Å²) in [5, 5.41) is 5.34. The average molecular weight is 454 g/mol. The number of aromatic nitrogens is 1. The molecule has 5 nitrogen and oxygen atoms in total. The van der Waals surface area contributed by atoms with Crippen molar-refractivity contribution in [3.8, 4) is 0 Å². The van der Waals surface area contributed by atoms with E-state index >= 15 is 0 Å². The minimum Gasteiger partial charge on any atom is -0.322 e. The van der Waals surface area contributed by atoms with Crippen LogP contribution in [0.15, 0.2) is 96.4 Å². The number of thiazole rings is 1. The zero-order valence-electron chi connectivity index (χ0n) is 18.1. The second-order valence-electron chi connectivity index (χ2n) is 7.39. The van der Waals surface area contributed by atoms with Crippen LogP contribution in [-0.2, 0) is 16.0 Å². The van der Waals surface area contributed by atoms with Gasteiger partial charge in [0.05, 0.1) is 11.4 Å². The van der Waals surface area contributed by atoms with Crippen molar-refractivity contribution < 1.29 is 9.59 Å². The molecule has 4 aromatic rings. The van der Waals surface area contributed by atoms with Gasteiger partial charge < -0.3 is 5.32 Å². The molecular formula is C27H23N3O2S. The van der Waals surface area contributed by atoms with Crippen molar-refractivity contribution >= 4 is 45.7 Å². The van der Waals surface area contributed by atoms with Crippen molar-refractivity contribution in [2.75, 3.05) is 10.2 Å². The summed E-state index contributed by atoms with van der Waals surface area (Å²) in [6.45, 7) is 1.50. The average Bonchev–Trinajstić information content (AvgIpc) is 3.29. The molecule has 0 fully saturated rings. The summed E-state index contributed by atoms with van der Waals surface area (Å²) < 4.78 is 0. The Bertz CT molecular complexity index is 1270. The molecule has 0 atom stereocenters. The highest BCUT2D eigenvalue weighted by atomic mass is 32.1. The predicted octanol–water partition coefficient (Wildman–Crippen LogP) is 6.07. The number of rotatable bonds is 7. The summed E-state index contributed by atoms with van der Waals surface area (Å²) in [6.07, 6.45) is 3.84. The van der Waals surface area contributed by atoms with Crippen molar-refractivity contribution in [2.45, 2.75) is 13.3 Å². The minimum absolute atomic E-state index is 0.126. The van der Waals surface area contributed by atoms with Gasteiger partial charge in [0.2, 0.25) is 11.8 Å². The summed E-state index contributed by atoms with van der Waals surface area (Å²) in [6, 6.07) is 27.3. The van der Waals surface area contributed by atoms with Crippen molar-refractivity contribution in [1.82, 2.24) is 4.98 Å². The maximum atomic E-state index is 12.6. The van der Waals surface area contributed by atoms with Crippen LogP contribution >= 0.6 is 11.3 Å². The molecule has 0 radical (unpaired) electrons. The zero-order valence-corrected chi connectivity index (χ0v) is 19.0. The molecule has 4 rings (SSSR count). The molecule has 2 amide bonds. The molecule has 164 valence electrons. The number of benzene rings is 3. The monoisotopic (exact) mass is 453 g/mol. The number of hydrogen-bond acceptors (Lipinski definition) is 4. The van der Waals surface area contributed by atoms with Crippen LogP contribution in [0.5, 0.6) is 0 Å². The molecule has 1 N–H and O–H groups in total. The van der Waals surface area contributed by atoms with E-state index in [0.29, 0.717) is 10.8 Å². The molecule has 0 aliphatic rings. The number of amides is 2. The van der Waals surface area contributed by atoms with Gasteiger partial charge in [0.1, 0.15) is 0 Å². The van der Waals surface area contributed by atoms with Crippen molar-refractivity contribution in [2.24, 2.45) is 0 Å². The molecule has 0 saturated heterocycles. The maximum Gasteiger partial charge on any atom is 0.248 e. The van der Waals surface area contributed by atoms with Crippen LogP contribution in [0.2, 0.25) is 0 Å². The number of nitrogens with zero attached hydrogens (tertiary/aromatic N) is 2. The summed E-state index contributed by atoms with van der Waals surface area (Å²) in [5.74, 6) is -0.365. The van der Waals surface area contributed by atoms with Crippen LogP contribution in [0.3, 0.4) is 0 Å². The van der Waals surface area contributed by atoms with E-state index in [9.17, 15) is 9.59 Å². The lowest BCUT2D eigenvalue weighted by Crippen LogP contribution is -2.22. The minimum atomic E-state index is -0.239. The molecule has 0 spiro atoms. The summed E-state index contributed by atoms with van der Waals surface area (Å²) >= 11 is 1.35. The Kier molecular flexibility index (Phi) is 7.07. The Morgan fingerprint density at radius 3 is 2.33 bits per heavy atom. The second kappa shape index (κ2) is 10.5. The zero-order chi connectivity index (χ0) is 23.0. The predicted molar refractivity (Wildman–Crippen MR) is 135 cm³/mol. The summed E-state index contributed by atoms with van der Waals surface area (Å²) in [4.78, 5) is 30.8. The number of anilines is 3. The van der Waals surface area contributed by atoms with Gasteiger partial charge in [-0.25, -0.2) is 4.98 Å². The van der Waals surface area contributed by atoms with Crippen LogP contribution in [0.1, 0.15) is 23.7 Å². The Labute approximate surface area is 197 Å². The highest BCUT2D eigenvalue weighted by Gasteiger charge is 2.17. The molecule has 33 heavy (non-hydrogen) atoms.